The first-order valence-electron chi connectivity index (χ1n) is 6.31. The lowest BCUT2D eigenvalue weighted by Crippen LogP contribution is -2.24. The SMILES string of the molecule is Cc1cnc(NC(=O)c2ccnc(OC(C)(C)C)c2)[nH]1. The predicted octanol–water partition coefficient (Wildman–Crippen LogP) is 2.54. The first-order valence-corrected chi connectivity index (χ1v) is 6.31. The molecule has 0 aromatic carbocycles. The van der Waals surface area contributed by atoms with Crippen molar-refractivity contribution < 1.29 is 9.53 Å². The van der Waals surface area contributed by atoms with E-state index in [9.17, 15) is 4.79 Å². The van der Waals surface area contributed by atoms with Crippen LogP contribution >= 0.6 is 0 Å². The molecule has 6 nitrogen and oxygen atoms in total. The topological polar surface area (TPSA) is 79.9 Å². The zero-order valence-corrected chi connectivity index (χ0v) is 12.0. The Labute approximate surface area is 117 Å². The smallest absolute Gasteiger partial charge is 0.258 e. The van der Waals surface area contributed by atoms with Crippen molar-refractivity contribution in [1.29, 1.82) is 0 Å². The Hall–Kier alpha value is -2.37. The summed E-state index contributed by atoms with van der Waals surface area (Å²) in [5.74, 6) is 0.573. The van der Waals surface area contributed by atoms with Crippen LogP contribution in [0.3, 0.4) is 0 Å². The van der Waals surface area contributed by atoms with Crippen LogP contribution in [0.2, 0.25) is 0 Å². The number of aromatic amines is 1. The molecular formula is C14H18N4O2. The molecule has 0 saturated carbocycles. The monoisotopic (exact) mass is 274 g/mol. The Morgan fingerprint density at radius 3 is 2.70 bits per heavy atom. The summed E-state index contributed by atoms with van der Waals surface area (Å²) in [6, 6.07) is 3.23. The predicted molar refractivity (Wildman–Crippen MR) is 75.9 cm³/mol. The van der Waals surface area contributed by atoms with E-state index in [-0.39, 0.29) is 11.5 Å². The number of amides is 1. The molecule has 0 bridgehead atoms. The second-order valence-corrected chi connectivity index (χ2v) is 5.47. The van der Waals surface area contributed by atoms with Gasteiger partial charge in [-0.1, -0.05) is 0 Å². The lowest BCUT2D eigenvalue weighted by Gasteiger charge is -2.20. The first-order chi connectivity index (χ1) is 9.33. The van der Waals surface area contributed by atoms with Crippen molar-refractivity contribution in [3.63, 3.8) is 0 Å². The van der Waals surface area contributed by atoms with Crippen molar-refractivity contribution >= 4 is 11.9 Å². The fourth-order valence-electron chi connectivity index (χ4n) is 1.58. The van der Waals surface area contributed by atoms with Crippen molar-refractivity contribution in [3.8, 4) is 5.88 Å². The van der Waals surface area contributed by atoms with Gasteiger partial charge in [0.2, 0.25) is 11.8 Å². The van der Waals surface area contributed by atoms with Crippen LogP contribution < -0.4 is 10.1 Å². The van der Waals surface area contributed by atoms with Gasteiger partial charge in [0.25, 0.3) is 5.91 Å². The minimum Gasteiger partial charge on any atom is -0.472 e. The third-order valence-corrected chi connectivity index (χ3v) is 2.34. The molecule has 2 N–H and O–H groups in total. The number of rotatable bonds is 3. The normalized spacial score (nSPS) is 11.2. The second kappa shape index (κ2) is 5.32. The summed E-state index contributed by atoms with van der Waals surface area (Å²) in [5, 5.41) is 2.68. The third-order valence-electron chi connectivity index (χ3n) is 2.34. The van der Waals surface area contributed by atoms with E-state index in [0.29, 0.717) is 17.4 Å². The van der Waals surface area contributed by atoms with Crippen LogP contribution in [0.1, 0.15) is 36.8 Å². The maximum Gasteiger partial charge on any atom is 0.258 e. The van der Waals surface area contributed by atoms with Gasteiger partial charge in [-0.05, 0) is 33.8 Å². The molecule has 0 aliphatic carbocycles. The number of pyridine rings is 1. The van der Waals surface area contributed by atoms with Gasteiger partial charge < -0.3 is 9.72 Å². The van der Waals surface area contributed by atoms with Gasteiger partial charge in [-0.3, -0.25) is 10.1 Å². The summed E-state index contributed by atoms with van der Waals surface area (Å²) < 4.78 is 5.63. The number of ether oxygens (including phenoxy) is 1. The van der Waals surface area contributed by atoms with Crippen molar-refractivity contribution in [2.24, 2.45) is 0 Å². The van der Waals surface area contributed by atoms with E-state index in [1.54, 1.807) is 24.5 Å². The highest BCUT2D eigenvalue weighted by Crippen LogP contribution is 2.17. The van der Waals surface area contributed by atoms with E-state index < -0.39 is 0 Å². The van der Waals surface area contributed by atoms with Gasteiger partial charge in [0, 0.05) is 29.7 Å². The Morgan fingerprint density at radius 1 is 1.35 bits per heavy atom. The molecule has 2 aromatic heterocycles. The maximum absolute atomic E-state index is 12.1. The first kappa shape index (κ1) is 14.0. The van der Waals surface area contributed by atoms with Crippen LogP contribution in [-0.2, 0) is 0 Å². The quantitative estimate of drug-likeness (QED) is 0.901. The lowest BCUT2D eigenvalue weighted by molar-refractivity contribution is 0.102. The molecule has 2 rings (SSSR count). The molecule has 0 atom stereocenters. The molecule has 2 aromatic rings. The number of hydrogen-bond donors (Lipinski definition) is 2. The van der Waals surface area contributed by atoms with Gasteiger partial charge in [-0.15, -0.1) is 0 Å². The molecule has 0 unspecified atom stereocenters. The standard InChI is InChI=1S/C14H18N4O2/c1-9-8-16-13(17-9)18-12(19)10-5-6-15-11(7-10)20-14(2,3)4/h5-8H,1-4H3,(H2,16,17,18,19). The molecule has 1 amide bonds. The molecule has 6 heteroatoms. The van der Waals surface area contributed by atoms with E-state index in [1.165, 1.54) is 0 Å². The fraction of sp³-hybridized carbons (Fsp3) is 0.357. The van der Waals surface area contributed by atoms with E-state index in [4.69, 9.17) is 4.74 Å². The van der Waals surface area contributed by atoms with Crippen LogP contribution in [0.15, 0.2) is 24.5 Å². The summed E-state index contributed by atoms with van der Waals surface area (Å²) in [6.45, 7) is 7.64. The second-order valence-electron chi connectivity index (χ2n) is 5.47. The van der Waals surface area contributed by atoms with Crippen LogP contribution in [0.25, 0.3) is 0 Å². The Balaban J connectivity index is 2.12. The molecular weight excluding hydrogens is 256 g/mol. The zero-order valence-electron chi connectivity index (χ0n) is 12.0. The number of aryl methyl sites for hydroxylation is 1. The molecule has 0 radical (unpaired) electrons. The number of carbonyl (C=O) groups excluding carboxylic acids is 1. The molecule has 0 aliphatic heterocycles. The summed E-state index contributed by atoms with van der Waals surface area (Å²) in [5.41, 5.74) is 0.986. The largest absolute Gasteiger partial charge is 0.472 e. The Kier molecular flexibility index (Phi) is 3.74. The van der Waals surface area contributed by atoms with Crippen LogP contribution in [0.4, 0.5) is 5.95 Å². The van der Waals surface area contributed by atoms with Gasteiger partial charge in [0.15, 0.2) is 0 Å². The van der Waals surface area contributed by atoms with Gasteiger partial charge in [0.05, 0.1) is 0 Å². The minimum atomic E-state index is -0.361. The third kappa shape index (κ3) is 3.81. The highest BCUT2D eigenvalue weighted by Gasteiger charge is 2.15. The molecule has 20 heavy (non-hydrogen) atoms. The molecule has 0 saturated heterocycles. The van der Waals surface area contributed by atoms with Gasteiger partial charge in [-0.25, -0.2) is 9.97 Å². The number of imidazole rings is 1. The highest BCUT2D eigenvalue weighted by molar-refractivity contribution is 6.03. The van der Waals surface area contributed by atoms with E-state index in [1.807, 2.05) is 27.7 Å². The van der Waals surface area contributed by atoms with Crippen molar-refractivity contribution in [1.82, 2.24) is 15.0 Å². The van der Waals surface area contributed by atoms with Crippen molar-refractivity contribution in [2.75, 3.05) is 5.32 Å². The van der Waals surface area contributed by atoms with Crippen molar-refractivity contribution in [2.45, 2.75) is 33.3 Å². The highest BCUT2D eigenvalue weighted by atomic mass is 16.5. The number of aromatic nitrogens is 3. The Morgan fingerprint density at radius 2 is 2.10 bits per heavy atom. The molecule has 2 heterocycles. The number of carbonyl (C=O) groups is 1. The number of H-pyrrole nitrogens is 1. The maximum atomic E-state index is 12.1. The van der Waals surface area contributed by atoms with E-state index in [2.05, 4.69) is 20.3 Å². The van der Waals surface area contributed by atoms with Crippen LogP contribution in [0, 0.1) is 6.92 Å². The lowest BCUT2D eigenvalue weighted by atomic mass is 10.2. The van der Waals surface area contributed by atoms with Crippen molar-refractivity contribution in [3.05, 3.63) is 35.8 Å². The van der Waals surface area contributed by atoms with E-state index in [0.717, 1.165) is 5.69 Å². The number of nitrogens with zero attached hydrogens (tertiary/aromatic N) is 2. The van der Waals surface area contributed by atoms with Gasteiger partial charge >= 0.3 is 0 Å². The minimum absolute atomic E-state index is 0.263. The fourth-order valence-corrected chi connectivity index (χ4v) is 1.58. The van der Waals surface area contributed by atoms with Crippen LogP contribution in [0.5, 0.6) is 5.88 Å². The number of hydrogen-bond acceptors (Lipinski definition) is 4. The average Bonchev–Trinajstić information content (AvgIpc) is 2.73. The molecule has 0 spiro atoms. The van der Waals surface area contributed by atoms with Gasteiger partial charge in [0.1, 0.15) is 5.60 Å². The number of anilines is 1. The molecule has 0 aliphatic rings. The summed E-state index contributed by atoms with van der Waals surface area (Å²) in [6.07, 6.45) is 3.19. The van der Waals surface area contributed by atoms with Gasteiger partial charge in [-0.2, -0.15) is 0 Å². The summed E-state index contributed by atoms with van der Waals surface area (Å²) in [7, 11) is 0. The Bertz CT molecular complexity index is 614. The van der Waals surface area contributed by atoms with Crippen LogP contribution in [-0.4, -0.2) is 26.5 Å². The van der Waals surface area contributed by atoms with E-state index >= 15 is 0 Å². The summed E-state index contributed by atoms with van der Waals surface area (Å²) in [4.78, 5) is 23.1. The molecule has 106 valence electrons. The zero-order chi connectivity index (χ0) is 14.8. The number of nitrogens with one attached hydrogen (secondary N) is 2. The summed E-state index contributed by atoms with van der Waals surface area (Å²) >= 11 is 0. The average molecular weight is 274 g/mol. The molecule has 0 fully saturated rings.